The van der Waals surface area contributed by atoms with E-state index in [0.29, 0.717) is 39.9 Å². The number of fused-ring (bicyclic) bond motifs is 1. The van der Waals surface area contributed by atoms with Gasteiger partial charge < -0.3 is 9.88 Å². The maximum atomic E-state index is 13.8. The van der Waals surface area contributed by atoms with Crippen molar-refractivity contribution in [3.8, 4) is 11.1 Å². The van der Waals surface area contributed by atoms with Crippen molar-refractivity contribution in [3.63, 3.8) is 0 Å². The Morgan fingerprint density at radius 3 is 2.60 bits per heavy atom. The van der Waals surface area contributed by atoms with E-state index in [4.69, 9.17) is 4.98 Å². The smallest absolute Gasteiger partial charge is 0.278 e. The first-order valence-electron chi connectivity index (χ1n) is 11.6. The van der Waals surface area contributed by atoms with Crippen molar-refractivity contribution in [1.82, 2.24) is 14.1 Å². The first-order chi connectivity index (χ1) is 16.7. The molecule has 2 aromatic carbocycles. The molecule has 0 aliphatic heterocycles. The van der Waals surface area contributed by atoms with Crippen LogP contribution in [-0.2, 0) is 18.4 Å². The minimum atomic E-state index is -0.373. The maximum absolute atomic E-state index is 13.8. The second-order valence-corrected chi connectivity index (χ2v) is 9.99. The van der Waals surface area contributed by atoms with Crippen LogP contribution in [0.1, 0.15) is 25.8 Å². The number of nitrogens with one attached hydrogen (secondary N) is 1. The van der Waals surface area contributed by atoms with E-state index in [1.54, 1.807) is 23.6 Å². The molecule has 4 aromatic rings. The lowest BCUT2D eigenvalue weighted by Crippen LogP contribution is -2.26. The molecule has 1 N–H and O–H groups in total. The van der Waals surface area contributed by atoms with E-state index in [1.807, 2.05) is 48.1 Å². The standard InChI is InChI=1S/C27H29FN4O2S/c1-17(2)12-13-32-26(34)25-24(21(15-31(25)4)19-8-6-5-7-9-19)30-27(32)35-16-23(33)29-20-11-10-18(3)22(28)14-20/h5-11,14-15,17H,12-13,16H2,1-4H3,(H,29,33). The van der Waals surface area contributed by atoms with Crippen LogP contribution >= 0.6 is 11.8 Å². The van der Waals surface area contributed by atoms with Crippen molar-refractivity contribution in [2.75, 3.05) is 11.1 Å². The van der Waals surface area contributed by atoms with Crippen molar-refractivity contribution >= 4 is 34.4 Å². The minimum Gasteiger partial charge on any atom is -0.344 e. The number of thioether (sulfide) groups is 1. The van der Waals surface area contributed by atoms with Gasteiger partial charge in [0.2, 0.25) is 5.91 Å². The van der Waals surface area contributed by atoms with Crippen molar-refractivity contribution in [1.29, 1.82) is 0 Å². The molecule has 0 atom stereocenters. The molecule has 2 heterocycles. The van der Waals surface area contributed by atoms with Gasteiger partial charge in [0.25, 0.3) is 5.56 Å². The summed E-state index contributed by atoms with van der Waals surface area (Å²) >= 11 is 1.21. The van der Waals surface area contributed by atoms with Gasteiger partial charge in [0.15, 0.2) is 5.16 Å². The SMILES string of the molecule is Cc1ccc(NC(=O)CSc2nc3c(-c4ccccc4)cn(C)c3c(=O)n2CCC(C)C)cc1F. The largest absolute Gasteiger partial charge is 0.344 e. The Bertz CT molecular complexity index is 1430. The summed E-state index contributed by atoms with van der Waals surface area (Å²) in [7, 11) is 1.85. The van der Waals surface area contributed by atoms with E-state index in [9.17, 15) is 14.0 Å². The normalized spacial score (nSPS) is 11.4. The van der Waals surface area contributed by atoms with Crippen LogP contribution in [0.4, 0.5) is 10.1 Å². The topological polar surface area (TPSA) is 68.9 Å². The van der Waals surface area contributed by atoms with Gasteiger partial charge in [0.05, 0.1) is 5.75 Å². The number of anilines is 1. The van der Waals surface area contributed by atoms with Crippen LogP contribution in [0.15, 0.2) is 64.7 Å². The van der Waals surface area contributed by atoms with Crippen LogP contribution in [0.3, 0.4) is 0 Å². The number of carbonyl (C=O) groups is 1. The second kappa shape index (κ2) is 10.5. The highest BCUT2D eigenvalue weighted by molar-refractivity contribution is 7.99. The monoisotopic (exact) mass is 492 g/mol. The Kier molecular flexibility index (Phi) is 7.40. The summed E-state index contributed by atoms with van der Waals surface area (Å²) in [4.78, 5) is 31.1. The van der Waals surface area contributed by atoms with E-state index in [0.717, 1.165) is 17.5 Å². The summed E-state index contributed by atoms with van der Waals surface area (Å²) in [6.07, 6.45) is 2.74. The Hall–Kier alpha value is -3.39. The summed E-state index contributed by atoms with van der Waals surface area (Å²) in [5.41, 5.74) is 3.79. The number of aromatic nitrogens is 3. The van der Waals surface area contributed by atoms with Crippen molar-refractivity contribution in [3.05, 3.63) is 76.5 Å². The van der Waals surface area contributed by atoms with Crippen LogP contribution in [0.25, 0.3) is 22.2 Å². The summed E-state index contributed by atoms with van der Waals surface area (Å²) in [6.45, 7) is 6.39. The molecule has 0 aliphatic rings. The van der Waals surface area contributed by atoms with Crippen LogP contribution in [-0.4, -0.2) is 25.8 Å². The molecule has 0 saturated carbocycles. The average molecular weight is 493 g/mol. The summed E-state index contributed by atoms with van der Waals surface area (Å²) in [6, 6.07) is 14.4. The third kappa shape index (κ3) is 5.48. The molecule has 182 valence electrons. The van der Waals surface area contributed by atoms with Crippen LogP contribution in [0, 0.1) is 18.7 Å². The van der Waals surface area contributed by atoms with Gasteiger partial charge in [-0.3, -0.25) is 14.2 Å². The number of rotatable bonds is 8. The zero-order valence-corrected chi connectivity index (χ0v) is 21.2. The molecule has 0 saturated heterocycles. The van der Waals surface area contributed by atoms with E-state index < -0.39 is 0 Å². The highest BCUT2D eigenvalue weighted by Crippen LogP contribution is 2.29. The van der Waals surface area contributed by atoms with Crippen molar-refractivity contribution in [2.45, 2.75) is 38.9 Å². The lowest BCUT2D eigenvalue weighted by molar-refractivity contribution is -0.113. The zero-order valence-electron chi connectivity index (χ0n) is 20.3. The predicted octanol–water partition coefficient (Wildman–Crippen LogP) is 5.63. The number of hydrogen-bond donors (Lipinski definition) is 1. The number of halogens is 1. The summed E-state index contributed by atoms with van der Waals surface area (Å²) in [5, 5.41) is 3.22. The molecule has 0 spiro atoms. The van der Waals surface area contributed by atoms with Gasteiger partial charge in [-0.05, 0) is 42.5 Å². The lowest BCUT2D eigenvalue weighted by Gasteiger charge is -2.14. The fourth-order valence-electron chi connectivity index (χ4n) is 3.87. The van der Waals surface area contributed by atoms with E-state index in [2.05, 4.69) is 19.2 Å². The van der Waals surface area contributed by atoms with Crippen molar-refractivity contribution in [2.24, 2.45) is 13.0 Å². The maximum Gasteiger partial charge on any atom is 0.278 e. The molecule has 6 nitrogen and oxygen atoms in total. The first-order valence-corrected chi connectivity index (χ1v) is 12.6. The highest BCUT2D eigenvalue weighted by atomic mass is 32.2. The van der Waals surface area contributed by atoms with Crippen LogP contribution in [0.5, 0.6) is 0 Å². The van der Waals surface area contributed by atoms with Gasteiger partial charge in [-0.25, -0.2) is 9.37 Å². The molecule has 0 aliphatic carbocycles. The molecule has 0 radical (unpaired) electrons. The third-order valence-corrected chi connectivity index (χ3v) is 6.82. The number of aryl methyl sites for hydroxylation is 2. The fourth-order valence-corrected chi connectivity index (χ4v) is 4.69. The summed E-state index contributed by atoms with van der Waals surface area (Å²) < 4.78 is 17.3. The Morgan fingerprint density at radius 2 is 1.91 bits per heavy atom. The molecule has 0 fully saturated rings. The van der Waals surface area contributed by atoms with Gasteiger partial charge in [-0.1, -0.05) is 62.0 Å². The number of amides is 1. The van der Waals surface area contributed by atoms with Crippen LogP contribution in [0.2, 0.25) is 0 Å². The molecule has 35 heavy (non-hydrogen) atoms. The molecule has 0 bridgehead atoms. The van der Waals surface area contributed by atoms with E-state index in [-0.39, 0.29) is 23.0 Å². The molecule has 4 rings (SSSR count). The summed E-state index contributed by atoms with van der Waals surface area (Å²) in [5.74, 6) is -0.215. The second-order valence-electron chi connectivity index (χ2n) is 9.05. The van der Waals surface area contributed by atoms with E-state index in [1.165, 1.54) is 17.8 Å². The van der Waals surface area contributed by atoms with Crippen molar-refractivity contribution < 1.29 is 9.18 Å². The van der Waals surface area contributed by atoms with E-state index >= 15 is 0 Å². The van der Waals surface area contributed by atoms with Gasteiger partial charge in [0, 0.05) is 31.0 Å². The highest BCUT2D eigenvalue weighted by Gasteiger charge is 2.19. The number of benzene rings is 2. The molecule has 0 unspecified atom stereocenters. The first kappa shape index (κ1) is 24.7. The third-order valence-electron chi connectivity index (χ3n) is 5.84. The molecular weight excluding hydrogens is 463 g/mol. The molecule has 1 amide bonds. The number of carbonyl (C=O) groups excluding carboxylic acids is 1. The zero-order chi connectivity index (χ0) is 25.1. The van der Waals surface area contributed by atoms with Gasteiger partial charge in [-0.2, -0.15) is 0 Å². The molecule has 2 aromatic heterocycles. The van der Waals surface area contributed by atoms with Crippen LogP contribution < -0.4 is 10.9 Å². The lowest BCUT2D eigenvalue weighted by atomic mass is 10.1. The van der Waals surface area contributed by atoms with Gasteiger partial charge in [-0.15, -0.1) is 0 Å². The Labute approximate surface area is 208 Å². The number of nitrogens with zero attached hydrogens (tertiary/aromatic N) is 3. The Balaban J connectivity index is 1.68. The van der Waals surface area contributed by atoms with Gasteiger partial charge >= 0.3 is 0 Å². The molecule has 8 heteroatoms. The molecular formula is C27H29FN4O2S. The predicted molar refractivity (Wildman–Crippen MR) is 140 cm³/mol. The average Bonchev–Trinajstić information content (AvgIpc) is 3.16. The fraction of sp³-hybridized carbons (Fsp3) is 0.296. The van der Waals surface area contributed by atoms with Gasteiger partial charge in [0.1, 0.15) is 16.9 Å². The quantitative estimate of drug-likeness (QED) is 0.256. The minimum absolute atomic E-state index is 0.0443. The number of hydrogen-bond acceptors (Lipinski definition) is 4. The Morgan fingerprint density at radius 1 is 1.17 bits per heavy atom.